The Morgan fingerprint density at radius 1 is 1.45 bits per heavy atom. The number of halogens is 1. The molecule has 1 aliphatic rings. The van der Waals surface area contributed by atoms with E-state index in [1.807, 2.05) is 12.1 Å². The molecule has 1 saturated heterocycles. The molecule has 1 aromatic heterocycles. The Balaban J connectivity index is 1.87. The summed E-state index contributed by atoms with van der Waals surface area (Å²) in [6.45, 7) is 7.85. The van der Waals surface area contributed by atoms with E-state index in [-0.39, 0.29) is 0 Å². The lowest BCUT2D eigenvalue weighted by Gasteiger charge is -2.20. The topological polar surface area (TPSA) is 24.0 Å². The molecule has 2 heterocycles. The van der Waals surface area contributed by atoms with Gasteiger partial charge in [-0.15, -0.1) is 0 Å². The molecule has 0 saturated carbocycles. The number of rotatable bonds is 3. The van der Waals surface area contributed by atoms with E-state index in [4.69, 9.17) is 23.8 Å². The molecule has 0 amide bonds. The first-order valence-electron chi connectivity index (χ1n) is 7.17. The van der Waals surface area contributed by atoms with Gasteiger partial charge in [-0.05, 0) is 57.1 Å². The van der Waals surface area contributed by atoms with E-state index in [0.29, 0.717) is 12.0 Å². The Hall–Kier alpha value is -0.840. The van der Waals surface area contributed by atoms with Gasteiger partial charge in [0.2, 0.25) is 0 Å². The Kier molecular flexibility index (Phi) is 3.89. The highest BCUT2D eigenvalue weighted by Gasteiger charge is 2.25. The summed E-state index contributed by atoms with van der Waals surface area (Å²) >= 11 is 11.7. The normalized spacial score (nSPS) is 20.3. The van der Waals surface area contributed by atoms with Crippen LogP contribution in [-0.2, 0) is 6.54 Å². The lowest BCUT2D eigenvalue weighted by molar-refractivity contribution is 0.261. The first-order chi connectivity index (χ1) is 9.56. The SMILES string of the molecule is CC(C)N1CCC(Cn2c(=S)[nH]c3c(Cl)cccc32)C1. The number of imidazole rings is 1. The van der Waals surface area contributed by atoms with E-state index < -0.39 is 0 Å². The number of nitrogens with zero attached hydrogens (tertiary/aromatic N) is 2. The van der Waals surface area contributed by atoms with Gasteiger partial charge in [0.25, 0.3) is 0 Å². The highest BCUT2D eigenvalue weighted by molar-refractivity contribution is 7.71. The zero-order valence-corrected chi connectivity index (χ0v) is 13.5. The molecule has 20 heavy (non-hydrogen) atoms. The molecule has 1 aliphatic heterocycles. The third-order valence-corrected chi connectivity index (χ3v) is 4.89. The molecule has 108 valence electrons. The number of hydrogen-bond acceptors (Lipinski definition) is 2. The summed E-state index contributed by atoms with van der Waals surface area (Å²) < 4.78 is 2.97. The quantitative estimate of drug-likeness (QED) is 0.864. The van der Waals surface area contributed by atoms with Gasteiger partial charge >= 0.3 is 0 Å². The maximum Gasteiger partial charge on any atom is 0.178 e. The minimum Gasteiger partial charge on any atom is -0.329 e. The molecule has 0 bridgehead atoms. The van der Waals surface area contributed by atoms with Crippen molar-refractivity contribution in [1.29, 1.82) is 0 Å². The third kappa shape index (κ3) is 2.52. The van der Waals surface area contributed by atoms with Gasteiger partial charge in [-0.1, -0.05) is 17.7 Å². The minimum absolute atomic E-state index is 0.630. The van der Waals surface area contributed by atoms with Crippen LogP contribution in [0.1, 0.15) is 20.3 Å². The number of hydrogen-bond donors (Lipinski definition) is 1. The van der Waals surface area contributed by atoms with Crippen LogP contribution in [0.5, 0.6) is 0 Å². The number of nitrogens with one attached hydrogen (secondary N) is 1. The van der Waals surface area contributed by atoms with Crippen molar-refractivity contribution in [2.24, 2.45) is 5.92 Å². The lowest BCUT2D eigenvalue weighted by atomic mass is 10.1. The summed E-state index contributed by atoms with van der Waals surface area (Å²) in [5, 5.41) is 0.738. The molecular weight excluding hydrogens is 290 g/mol. The molecule has 0 aliphatic carbocycles. The average molecular weight is 310 g/mol. The number of likely N-dealkylation sites (tertiary alicyclic amines) is 1. The number of fused-ring (bicyclic) bond motifs is 1. The second kappa shape index (κ2) is 5.51. The number of benzene rings is 1. The van der Waals surface area contributed by atoms with Crippen LogP contribution in [0.15, 0.2) is 18.2 Å². The molecule has 3 rings (SSSR count). The van der Waals surface area contributed by atoms with Crippen molar-refractivity contribution in [2.75, 3.05) is 13.1 Å². The molecule has 0 radical (unpaired) electrons. The van der Waals surface area contributed by atoms with Crippen LogP contribution < -0.4 is 0 Å². The third-order valence-electron chi connectivity index (χ3n) is 4.25. The van der Waals surface area contributed by atoms with Crippen LogP contribution in [0.3, 0.4) is 0 Å². The van der Waals surface area contributed by atoms with Crippen molar-refractivity contribution < 1.29 is 0 Å². The van der Waals surface area contributed by atoms with E-state index in [0.717, 1.165) is 33.9 Å². The number of aromatic nitrogens is 2. The largest absolute Gasteiger partial charge is 0.329 e. The van der Waals surface area contributed by atoms with Gasteiger partial charge in [0.05, 0.1) is 16.1 Å². The zero-order chi connectivity index (χ0) is 14.3. The first-order valence-corrected chi connectivity index (χ1v) is 7.96. The van der Waals surface area contributed by atoms with Crippen LogP contribution in [0.25, 0.3) is 11.0 Å². The van der Waals surface area contributed by atoms with Crippen molar-refractivity contribution in [3.05, 3.63) is 28.0 Å². The summed E-state index contributed by atoms with van der Waals surface area (Å²) in [6.07, 6.45) is 1.24. The van der Waals surface area contributed by atoms with Gasteiger partial charge in [0.1, 0.15) is 0 Å². The van der Waals surface area contributed by atoms with Crippen molar-refractivity contribution in [3.63, 3.8) is 0 Å². The van der Waals surface area contributed by atoms with Gasteiger partial charge in [-0.25, -0.2) is 0 Å². The Morgan fingerprint density at radius 2 is 2.25 bits per heavy atom. The van der Waals surface area contributed by atoms with Crippen molar-refractivity contribution in [1.82, 2.24) is 14.5 Å². The summed E-state index contributed by atoms with van der Waals surface area (Å²) in [5.41, 5.74) is 2.07. The molecule has 2 aromatic rings. The van der Waals surface area contributed by atoms with Gasteiger partial charge in [-0.3, -0.25) is 0 Å². The van der Waals surface area contributed by atoms with Crippen LogP contribution >= 0.6 is 23.8 Å². The highest BCUT2D eigenvalue weighted by Crippen LogP contribution is 2.26. The molecule has 1 aromatic carbocycles. The first kappa shape index (κ1) is 14.1. The average Bonchev–Trinajstić information content (AvgIpc) is 2.98. The maximum absolute atomic E-state index is 6.22. The van der Waals surface area contributed by atoms with Gasteiger partial charge in [0, 0.05) is 19.1 Å². The number of aromatic amines is 1. The van der Waals surface area contributed by atoms with Crippen molar-refractivity contribution in [3.8, 4) is 0 Å². The molecule has 3 nitrogen and oxygen atoms in total. The molecule has 1 atom stereocenters. The second-order valence-electron chi connectivity index (χ2n) is 5.92. The van der Waals surface area contributed by atoms with Crippen LogP contribution in [-0.4, -0.2) is 33.6 Å². The monoisotopic (exact) mass is 309 g/mol. The predicted molar refractivity (Wildman–Crippen MR) is 86.9 cm³/mol. The minimum atomic E-state index is 0.630. The fourth-order valence-corrected chi connectivity index (χ4v) is 3.56. The Bertz CT molecular complexity index is 673. The summed E-state index contributed by atoms with van der Waals surface area (Å²) in [7, 11) is 0. The summed E-state index contributed by atoms with van der Waals surface area (Å²) in [4.78, 5) is 5.77. The number of H-pyrrole nitrogens is 1. The molecule has 0 spiro atoms. The standard InChI is InChI=1S/C15H20ClN3S/c1-10(2)18-7-6-11(8-18)9-19-13-5-3-4-12(16)14(13)17-15(19)20/h3-5,10-11H,6-9H2,1-2H3,(H,17,20). The second-order valence-corrected chi connectivity index (χ2v) is 6.71. The molecule has 1 unspecified atom stereocenters. The molecule has 5 heteroatoms. The van der Waals surface area contributed by atoms with Gasteiger partial charge < -0.3 is 14.5 Å². The van der Waals surface area contributed by atoms with Gasteiger partial charge in [0.15, 0.2) is 4.77 Å². The van der Waals surface area contributed by atoms with Gasteiger partial charge in [-0.2, -0.15) is 0 Å². The number of para-hydroxylation sites is 1. The van der Waals surface area contributed by atoms with Crippen LogP contribution in [0.2, 0.25) is 5.02 Å². The fraction of sp³-hybridized carbons (Fsp3) is 0.533. The van der Waals surface area contributed by atoms with Crippen LogP contribution in [0.4, 0.5) is 0 Å². The van der Waals surface area contributed by atoms with E-state index in [9.17, 15) is 0 Å². The Labute approximate surface area is 129 Å². The molecule has 1 N–H and O–H groups in total. The fourth-order valence-electron chi connectivity index (χ4n) is 3.07. The van der Waals surface area contributed by atoms with Crippen molar-refractivity contribution in [2.45, 2.75) is 32.9 Å². The van der Waals surface area contributed by atoms with E-state index in [2.05, 4.69) is 34.4 Å². The van der Waals surface area contributed by atoms with E-state index in [1.54, 1.807) is 0 Å². The molecule has 1 fully saturated rings. The van der Waals surface area contributed by atoms with Crippen molar-refractivity contribution >= 4 is 34.9 Å². The van der Waals surface area contributed by atoms with E-state index >= 15 is 0 Å². The van der Waals surface area contributed by atoms with E-state index in [1.165, 1.54) is 13.0 Å². The maximum atomic E-state index is 6.22. The Morgan fingerprint density at radius 3 is 2.95 bits per heavy atom. The summed E-state index contributed by atoms with van der Waals surface area (Å²) in [5.74, 6) is 0.669. The smallest absolute Gasteiger partial charge is 0.178 e. The highest BCUT2D eigenvalue weighted by atomic mass is 35.5. The molecular formula is C15H20ClN3S. The predicted octanol–water partition coefficient (Wildman–Crippen LogP) is 4.08. The summed E-state index contributed by atoms with van der Waals surface area (Å²) in [6, 6.07) is 6.60. The lowest BCUT2D eigenvalue weighted by Crippen LogP contribution is -2.28. The van der Waals surface area contributed by atoms with Crippen LogP contribution in [0, 0.1) is 10.7 Å². The zero-order valence-electron chi connectivity index (χ0n) is 11.9.